The highest BCUT2D eigenvalue weighted by molar-refractivity contribution is 5.19. The van der Waals surface area contributed by atoms with Gasteiger partial charge in [0.25, 0.3) is 0 Å². The van der Waals surface area contributed by atoms with Gasteiger partial charge in [0.15, 0.2) is 0 Å². The largest absolute Gasteiger partial charge is 0.305 e. The standard InChI is InChI=1S/C19H25N/c1-16(18-12-8-5-9-13-18)20-19(2,3)15-14-17-10-6-4-7-11-17/h4-13,16,20H,14-15H2,1-3H3. The maximum absolute atomic E-state index is 3.74. The van der Waals surface area contributed by atoms with Crippen LogP contribution in [0.25, 0.3) is 0 Å². The van der Waals surface area contributed by atoms with Gasteiger partial charge in [-0.1, -0.05) is 60.7 Å². The van der Waals surface area contributed by atoms with Crippen LogP contribution in [0.15, 0.2) is 60.7 Å². The molecule has 0 saturated heterocycles. The third-order valence-electron chi connectivity index (χ3n) is 3.79. The number of rotatable bonds is 6. The molecule has 0 spiro atoms. The van der Waals surface area contributed by atoms with Gasteiger partial charge in [0.2, 0.25) is 0 Å². The molecule has 0 aliphatic carbocycles. The Morgan fingerprint density at radius 3 is 2.05 bits per heavy atom. The molecule has 2 rings (SSSR count). The third-order valence-corrected chi connectivity index (χ3v) is 3.79. The van der Waals surface area contributed by atoms with E-state index >= 15 is 0 Å². The molecule has 0 aliphatic rings. The van der Waals surface area contributed by atoms with Crippen LogP contribution in [0.4, 0.5) is 0 Å². The number of nitrogens with one attached hydrogen (secondary N) is 1. The predicted molar refractivity (Wildman–Crippen MR) is 86.8 cm³/mol. The Morgan fingerprint density at radius 2 is 1.45 bits per heavy atom. The van der Waals surface area contributed by atoms with E-state index in [0.717, 1.165) is 12.8 Å². The zero-order valence-corrected chi connectivity index (χ0v) is 12.8. The second kappa shape index (κ2) is 6.71. The molecule has 2 aromatic rings. The summed E-state index contributed by atoms with van der Waals surface area (Å²) in [5.41, 5.74) is 2.89. The van der Waals surface area contributed by atoms with E-state index in [0.29, 0.717) is 6.04 Å². The maximum Gasteiger partial charge on any atom is 0.0296 e. The minimum Gasteiger partial charge on any atom is -0.305 e. The van der Waals surface area contributed by atoms with Gasteiger partial charge < -0.3 is 5.32 Å². The molecule has 0 aliphatic heterocycles. The number of benzene rings is 2. The lowest BCUT2D eigenvalue weighted by atomic mass is 9.93. The molecule has 0 saturated carbocycles. The van der Waals surface area contributed by atoms with Gasteiger partial charge in [-0.05, 0) is 44.7 Å². The summed E-state index contributed by atoms with van der Waals surface area (Å²) < 4.78 is 0. The van der Waals surface area contributed by atoms with Crippen LogP contribution >= 0.6 is 0 Å². The maximum atomic E-state index is 3.74. The Labute approximate surface area is 123 Å². The van der Waals surface area contributed by atoms with Crippen molar-refractivity contribution in [3.63, 3.8) is 0 Å². The van der Waals surface area contributed by atoms with Crippen molar-refractivity contribution in [1.82, 2.24) is 5.32 Å². The average molecular weight is 267 g/mol. The van der Waals surface area contributed by atoms with Crippen molar-refractivity contribution in [3.8, 4) is 0 Å². The van der Waals surface area contributed by atoms with E-state index in [4.69, 9.17) is 0 Å². The van der Waals surface area contributed by atoms with Gasteiger partial charge in [-0.3, -0.25) is 0 Å². The molecule has 106 valence electrons. The van der Waals surface area contributed by atoms with Gasteiger partial charge in [0.05, 0.1) is 0 Å². The first-order valence-electron chi connectivity index (χ1n) is 7.43. The molecule has 20 heavy (non-hydrogen) atoms. The lowest BCUT2D eigenvalue weighted by molar-refractivity contribution is 0.326. The van der Waals surface area contributed by atoms with Crippen molar-refractivity contribution >= 4 is 0 Å². The van der Waals surface area contributed by atoms with Gasteiger partial charge in [-0.2, -0.15) is 0 Å². The summed E-state index contributed by atoms with van der Waals surface area (Å²) in [6, 6.07) is 21.7. The van der Waals surface area contributed by atoms with Crippen LogP contribution in [0.2, 0.25) is 0 Å². The van der Waals surface area contributed by atoms with Crippen molar-refractivity contribution in [2.45, 2.75) is 45.2 Å². The first-order chi connectivity index (χ1) is 9.57. The van der Waals surface area contributed by atoms with Crippen LogP contribution in [0, 0.1) is 0 Å². The van der Waals surface area contributed by atoms with E-state index < -0.39 is 0 Å². The Kier molecular flexibility index (Phi) is 4.97. The van der Waals surface area contributed by atoms with Crippen molar-refractivity contribution in [1.29, 1.82) is 0 Å². The van der Waals surface area contributed by atoms with Crippen LogP contribution in [0.5, 0.6) is 0 Å². The predicted octanol–water partition coefficient (Wildman–Crippen LogP) is 4.75. The molecule has 1 atom stereocenters. The summed E-state index contributed by atoms with van der Waals surface area (Å²) in [6.07, 6.45) is 2.25. The lowest BCUT2D eigenvalue weighted by Crippen LogP contribution is -2.41. The molecule has 1 unspecified atom stereocenters. The first kappa shape index (κ1) is 14.8. The molecule has 0 aromatic heterocycles. The van der Waals surface area contributed by atoms with Gasteiger partial charge in [0.1, 0.15) is 0 Å². The van der Waals surface area contributed by atoms with Gasteiger partial charge in [-0.15, -0.1) is 0 Å². The number of aryl methyl sites for hydroxylation is 1. The summed E-state index contributed by atoms with van der Waals surface area (Å²) in [7, 11) is 0. The highest BCUT2D eigenvalue weighted by atomic mass is 15.0. The fourth-order valence-electron chi connectivity index (χ4n) is 2.58. The molecule has 0 fully saturated rings. The molecular weight excluding hydrogens is 242 g/mol. The van der Waals surface area contributed by atoms with Crippen molar-refractivity contribution in [3.05, 3.63) is 71.8 Å². The third kappa shape index (κ3) is 4.50. The zero-order valence-electron chi connectivity index (χ0n) is 12.8. The van der Waals surface area contributed by atoms with E-state index in [1.54, 1.807) is 0 Å². The Balaban J connectivity index is 1.90. The second-order valence-electron chi connectivity index (χ2n) is 6.15. The Hall–Kier alpha value is -1.60. The topological polar surface area (TPSA) is 12.0 Å². The molecule has 0 amide bonds. The van der Waals surface area contributed by atoms with Crippen molar-refractivity contribution in [2.24, 2.45) is 0 Å². The average Bonchev–Trinajstić information content (AvgIpc) is 2.47. The second-order valence-corrected chi connectivity index (χ2v) is 6.15. The summed E-state index contributed by atoms with van der Waals surface area (Å²) in [5.74, 6) is 0. The normalized spacial score (nSPS) is 13.2. The summed E-state index contributed by atoms with van der Waals surface area (Å²) in [4.78, 5) is 0. The van der Waals surface area contributed by atoms with E-state index in [9.17, 15) is 0 Å². The monoisotopic (exact) mass is 267 g/mol. The van der Waals surface area contributed by atoms with Crippen LogP contribution in [-0.2, 0) is 6.42 Å². The Morgan fingerprint density at radius 1 is 0.900 bits per heavy atom. The molecule has 1 heteroatoms. The lowest BCUT2D eigenvalue weighted by Gasteiger charge is -2.30. The molecular formula is C19H25N. The minimum absolute atomic E-state index is 0.130. The number of hydrogen-bond acceptors (Lipinski definition) is 1. The first-order valence-corrected chi connectivity index (χ1v) is 7.43. The quantitative estimate of drug-likeness (QED) is 0.796. The van der Waals surface area contributed by atoms with Gasteiger partial charge >= 0.3 is 0 Å². The highest BCUT2D eigenvalue weighted by Gasteiger charge is 2.20. The van der Waals surface area contributed by atoms with Gasteiger partial charge in [0, 0.05) is 11.6 Å². The van der Waals surface area contributed by atoms with Crippen LogP contribution in [0.1, 0.15) is 44.4 Å². The molecule has 0 bridgehead atoms. The van der Waals surface area contributed by atoms with E-state index in [-0.39, 0.29) is 5.54 Å². The fraction of sp³-hybridized carbons (Fsp3) is 0.368. The minimum atomic E-state index is 0.130. The van der Waals surface area contributed by atoms with Crippen LogP contribution in [0.3, 0.4) is 0 Å². The van der Waals surface area contributed by atoms with Crippen LogP contribution in [-0.4, -0.2) is 5.54 Å². The smallest absolute Gasteiger partial charge is 0.0296 e. The van der Waals surface area contributed by atoms with Crippen molar-refractivity contribution in [2.75, 3.05) is 0 Å². The van der Waals surface area contributed by atoms with E-state index in [1.165, 1.54) is 11.1 Å². The molecule has 1 N–H and O–H groups in total. The van der Waals surface area contributed by atoms with Crippen LogP contribution < -0.4 is 5.32 Å². The summed E-state index contributed by atoms with van der Waals surface area (Å²) in [6.45, 7) is 6.81. The zero-order chi connectivity index (χ0) is 14.4. The van der Waals surface area contributed by atoms with E-state index in [2.05, 4.69) is 86.8 Å². The highest BCUT2D eigenvalue weighted by Crippen LogP contribution is 2.20. The Bertz CT molecular complexity index is 502. The van der Waals surface area contributed by atoms with Gasteiger partial charge in [-0.25, -0.2) is 0 Å². The molecule has 2 aromatic carbocycles. The molecule has 0 radical (unpaired) electrons. The van der Waals surface area contributed by atoms with E-state index in [1.807, 2.05) is 0 Å². The molecule has 1 nitrogen and oxygen atoms in total. The van der Waals surface area contributed by atoms with Crippen molar-refractivity contribution < 1.29 is 0 Å². The summed E-state index contributed by atoms with van der Waals surface area (Å²) in [5, 5.41) is 3.74. The fourth-order valence-corrected chi connectivity index (χ4v) is 2.58. The summed E-state index contributed by atoms with van der Waals surface area (Å²) >= 11 is 0. The number of hydrogen-bond donors (Lipinski definition) is 1. The SMILES string of the molecule is CC(NC(C)(C)CCc1ccccc1)c1ccccc1. The molecule has 0 heterocycles.